The molecule has 3 heterocycles. The van der Waals surface area contributed by atoms with Crippen molar-refractivity contribution in [2.75, 3.05) is 19.6 Å². The number of hydrogen-bond acceptors (Lipinski definition) is 3. The Labute approximate surface area is 109 Å². The minimum atomic E-state index is 0.0641. The van der Waals surface area contributed by atoms with E-state index in [4.69, 9.17) is 5.73 Å². The fraction of sp³-hybridized carbons (Fsp3) is 0.929. The number of amides is 1. The molecular weight excluding hydrogens is 226 g/mol. The second-order valence-electron chi connectivity index (χ2n) is 6.31. The molecule has 0 aromatic rings. The topological polar surface area (TPSA) is 58.4 Å². The lowest BCUT2D eigenvalue weighted by molar-refractivity contribution is -0.128. The summed E-state index contributed by atoms with van der Waals surface area (Å²) in [6.45, 7) is 3.50. The molecule has 0 aromatic carbocycles. The molecule has 2 bridgehead atoms. The summed E-state index contributed by atoms with van der Waals surface area (Å²) in [6, 6.07) is 0.467. The normalized spacial score (nSPS) is 43.7. The van der Waals surface area contributed by atoms with Gasteiger partial charge in [0.05, 0.1) is 5.92 Å². The molecule has 3 saturated heterocycles. The smallest absolute Gasteiger partial charge is 0.224 e. The van der Waals surface area contributed by atoms with Crippen molar-refractivity contribution in [1.82, 2.24) is 10.2 Å². The molecule has 18 heavy (non-hydrogen) atoms. The Morgan fingerprint density at radius 3 is 2.44 bits per heavy atom. The van der Waals surface area contributed by atoms with Crippen LogP contribution >= 0.6 is 0 Å². The van der Waals surface area contributed by atoms with Gasteiger partial charge in [-0.2, -0.15) is 0 Å². The van der Waals surface area contributed by atoms with Gasteiger partial charge in [-0.3, -0.25) is 4.79 Å². The number of nitrogens with zero attached hydrogens (tertiary/aromatic N) is 1. The number of carbonyl (C=O) groups is 1. The van der Waals surface area contributed by atoms with E-state index in [1.165, 1.54) is 32.4 Å². The molecule has 4 rings (SSSR count). The minimum Gasteiger partial charge on any atom is -0.352 e. The molecule has 0 radical (unpaired) electrons. The highest BCUT2D eigenvalue weighted by molar-refractivity contribution is 5.79. The van der Waals surface area contributed by atoms with Crippen molar-refractivity contribution in [2.24, 2.45) is 17.6 Å². The van der Waals surface area contributed by atoms with Gasteiger partial charge in [0.1, 0.15) is 0 Å². The summed E-state index contributed by atoms with van der Waals surface area (Å²) >= 11 is 0. The summed E-state index contributed by atoms with van der Waals surface area (Å²) in [4.78, 5) is 14.8. The fourth-order valence-corrected chi connectivity index (χ4v) is 3.90. The first kappa shape index (κ1) is 12.4. The molecule has 4 heteroatoms. The Kier molecular flexibility index (Phi) is 3.57. The SMILES string of the molecule is NC1CCCCC1C(=O)NC1CN2CCC1CC2. The highest BCUT2D eigenvalue weighted by Crippen LogP contribution is 2.29. The molecule has 1 aliphatic carbocycles. The number of nitrogens with two attached hydrogens (primary N) is 1. The molecule has 0 spiro atoms. The molecule has 3 N–H and O–H groups in total. The van der Waals surface area contributed by atoms with Crippen LogP contribution < -0.4 is 11.1 Å². The molecule has 102 valence electrons. The molecule has 1 saturated carbocycles. The van der Waals surface area contributed by atoms with E-state index in [0.717, 1.165) is 25.8 Å². The first-order valence-electron chi connectivity index (χ1n) is 7.52. The maximum atomic E-state index is 12.3. The Bertz CT molecular complexity index is 312. The summed E-state index contributed by atoms with van der Waals surface area (Å²) in [5.41, 5.74) is 6.09. The number of rotatable bonds is 2. The van der Waals surface area contributed by atoms with Crippen molar-refractivity contribution in [3.8, 4) is 0 Å². The Balaban J connectivity index is 1.57. The van der Waals surface area contributed by atoms with Gasteiger partial charge >= 0.3 is 0 Å². The second-order valence-corrected chi connectivity index (χ2v) is 6.31. The maximum absolute atomic E-state index is 12.3. The lowest BCUT2D eigenvalue weighted by atomic mass is 9.81. The van der Waals surface area contributed by atoms with Crippen molar-refractivity contribution in [3.63, 3.8) is 0 Å². The van der Waals surface area contributed by atoms with Gasteiger partial charge in [0.15, 0.2) is 0 Å². The fourth-order valence-electron chi connectivity index (χ4n) is 3.90. The number of carbonyl (C=O) groups excluding carboxylic acids is 1. The van der Waals surface area contributed by atoms with Crippen LogP contribution in [-0.2, 0) is 4.79 Å². The van der Waals surface area contributed by atoms with Crippen LogP contribution in [0.5, 0.6) is 0 Å². The molecule has 0 aromatic heterocycles. The van der Waals surface area contributed by atoms with Gasteiger partial charge in [-0.25, -0.2) is 0 Å². The molecule has 4 fully saturated rings. The second kappa shape index (κ2) is 5.17. The largest absolute Gasteiger partial charge is 0.352 e. The van der Waals surface area contributed by atoms with Gasteiger partial charge in [-0.15, -0.1) is 0 Å². The van der Waals surface area contributed by atoms with Crippen molar-refractivity contribution in [1.29, 1.82) is 0 Å². The Hall–Kier alpha value is -0.610. The lowest BCUT2D eigenvalue weighted by Gasteiger charge is -2.45. The third kappa shape index (κ3) is 2.41. The zero-order valence-corrected chi connectivity index (χ0v) is 11.1. The number of fused-ring (bicyclic) bond motifs is 3. The van der Waals surface area contributed by atoms with Crippen LogP contribution in [-0.4, -0.2) is 42.5 Å². The van der Waals surface area contributed by atoms with Crippen LogP contribution in [0.2, 0.25) is 0 Å². The monoisotopic (exact) mass is 251 g/mol. The van der Waals surface area contributed by atoms with E-state index in [1.54, 1.807) is 0 Å². The highest BCUT2D eigenvalue weighted by Gasteiger charge is 2.37. The van der Waals surface area contributed by atoms with Crippen LogP contribution in [0.4, 0.5) is 0 Å². The number of piperidine rings is 3. The molecule has 4 aliphatic rings. The molecule has 3 aliphatic heterocycles. The summed E-state index contributed by atoms with van der Waals surface area (Å²) in [7, 11) is 0. The van der Waals surface area contributed by atoms with Gasteiger partial charge in [0, 0.05) is 18.6 Å². The number of nitrogens with one attached hydrogen (secondary N) is 1. The Morgan fingerprint density at radius 1 is 1.11 bits per heavy atom. The van der Waals surface area contributed by atoms with Crippen molar-refractivity contribution < 1.29 is 4.79 Å². The average Bonchev–Trinajstić information content (AvgIpc) is 2.40. The molecule has 3 unspecified atom stereocenters. The van der Waals surface area contributed by atoms with Crippen LogP contribution in [0.15, 0.2) is 0 Å². The lowest BCUT2D eigenvalue weighted by Crippen LogP contribution is -2.59. The summed E-state index contributed by atoms with van der Waals surface area (Å²) in [5, 5.41) is 3.29. The molecule has 3 atom stereocenters. The minimum absolute atomic E-state index is 0.0641. The summed E-state index contributed by atoms with van der Waals surface area (Å²) < 4.78 is 0. The predicted molar refractivity (Wildman–Crippen MR) is 71.0 cm³/mol. The van der Waals surface area contributed by atoms with Gasteiger partial charge in [0.25, 0.3) is 0 Å². The van der Waals surface area contributed by atoms with Crippen molar-refractivity contribution in [3.05, 3.63) is 0 Å². The van der Waals surface area contributed by atoms with E-state index in [2.05, 4.69) is 10.2 Å². The predicted octanol–water partition coefficient (Wildman–Crippen LogP) is 0.714. The van der Waals surface area contributed by atoms with E-state index < -0.39 is 0 Å². The van der Waals surface area contributed by atoms with Crippen LogP contribution in [0.3, 0.4) is 0 Å². The first-order chi connectivity index (χ1) is 8.74. The third-order valence-corrected chi connectivity index (χ3v) is 5.14. The van der Waals surface area contributed by atoms with Crippen LogP contribution in [0.25, 0.3) is 0 Å². The van der Waals surface area contributed by atoms with E-state index in [-0.39, 0.29) is 17.9 Å². The van der Waals surface area contributed by atoms with Crippen LogP contribution in [0, 0.1) is 11.8 Å². The zero-order valence-electron chi connectivity index (χ0n) is 11.1. The molecular formula is C14H25N3O. The third-order valence-electron chi connectivity index (χ3n) is 5.14. The zero-order chi connectivity index (χ0) is 12.5. The Morgan fingerprint density at radius 2 is 1.83 bits per heavy atom. The quantitative estimate of drug-likeness (QED) is 0.760. The number of hydrogen-bond donors (Lipinski definition) is 2. The van der Waals surface area contributed by atoms with Crippen molar-refractivity contribution in [2.45, 2.75) is 50.6 Å². The highest BCUT2D eigenvalue weighted by atomic mass is 16.2. The maximum Gasteiger partial charge on any atom is 0.224 e. The van der Waals surface area contributed by atoms with E-state index in [1.807, 2.05) is 0 Å². The van der Waals surface area contributed by atoms with E-state index in [0.29, 0.717) is 12.0 Å². The summed E-state index contributed by atoms with van der Waals surface area (Å²) in [6.07, 6.45) is 6.84. The molecule has 4 nitrogen and oxygen atoms in total. The standard InChI is InChI=1S/C14H25N3O/c15-12-4-2-1-3-11(12)14(18)16-13-9-17-7-5-10(13)6-8-17/h10-13H,1-9,15H2,(H,16,18). The van der Waals surface area contributed by atoms with Gasteiger partial charge in [-0.05, 0) is 44.7 Å². The van der Waals surface area contributed by atoms with E-state index in [9.17, 15) is 4.79 Å². The van der Waals surface area contributed by atoms with Gasteiger partial charge in [0.2, 0.25) is 5.91 Å². The van der Waals surface area contributed by atoms with Gasteiger partial charge < -0.3 is 16.0 Å². The first-order valence-corrected chi connectivity index (χ1v) is 7.52. The van der Waals surface area contributed by atoms with E-state index >= 15 is 0 Å². The van der Waals surface area contributed by atoms with Crippen LogP contribution in [0.1, 0.15) is 38.5 Å². The summed E-state index contributed by atoms with van der Waals surface area (Å²) in [5.74, 6) is 0.994. The van der Waals surface area contributed by atoms with Gasteiger partial charge in [-0.1, -0.05) is 12.8 Å². The average molecular weight is 251 g/mol. The molecule has 1 amide bonds. The van der Waals surface area contributed by atoms with Crippen molar-refractivity contribution >= 4 is 5.91 Å².